The first-order chi connectivity index (χ1) is 14.1. The fourth-order valence-corrected chi connectivity index (χ4v) is 5.31. The normalized spacial score (nSPS) is 14.6. The maximum absolute atomic E-state index is 13.0. The fraction of sp³-hybridized carbons (Fsp3) is 0.429. The Kier molecular flexibility index (Phi) is 6.01. The second-order valence-electron chi connectivity index (χ2n) is 7.36. The van der Waals surface area contributed by atoms with E-state index in [2.05, 4.69) is 9.69 Å². The molecular formula is C21H24N4O2S2. The van der Waals surface area contributed by atoms with Crippen molar-refractivity contribution < 1.29 is 4.79 Å². The predicted molar refractivity (Wildman–Crippen MR) is 119 cm³/mol. The summed E-state index contributed by atoms with van der Waals surface area (Å²) in [5.41, 5.74) is 3.36. The van der Waals surface area contributed by atoms with E-state index >= 15 is 0 Å². The van der Waals surface area contributed by atoms with Gasteiger partial charge in [0.05, 0.1) is 5.75 Å². The topological polar surface area (TPSA) is 76.9 Å². The highest BCUT2D eigenvalue weighted by molar-refractivity contribution is 7.99. The summed E-state index contributed by atoms with van der Waals surface area (Å²) in [5.74, 6) is 0.257. The van der Waals surface area contributed by atoms with E-state index < -0.39 is 0 Å². The average molecular weight is 429 g/mol. The van der Waals surface area contributed by atoms with Crippen LogP contribution in [0.15, 0.2) is 34.2 Å². The molecule has 1 aliphatic carbocycles. The van der Waals surface area contributed by atoms with Crippen LogP contribution in [0, 0.1) is 6.92 Å². The number of thioether (sulfide) groups is 1. The average Bonchev–Trinajstić information content (AvgIpc) is 3.37. The Hall–Kier alpha value is -2.19. The first-order valence-corrected chi connectivity index (χ1v) is 11.7. The van der Waals surface area contributed by atoms with E-state index in [4.69, 9.17) is 4.98 Å². The number of hydrogen-bond donors (Lipinski definition) is 1. The molecule has 0 bridgehead atoms. The zero-order valence-corrected chi connectivity index (χ0v) is 18.2. The van der Waals surface area contributed by atoms with Gasteiger partial charge in [0.1, 0.15) is 15.9 Å². The monoisotopic (exact) mass is 428 g/mol. The summed E-state index contributed by atoms with van der Waals surface area (Å²) in [5, 5.41) is 3.66. The summed E-state index contributed by atoms with van der Waals surface area (Å²) in [6, 6.07) is 8.34. The highest BCUT2D eigenvalue weighted by Gasteiger charge is 2.20. The van der Waals surface area contributed by atoms with Crippen molar-refractivity contribution in [1.82, 2.24) is 19.2 Å². The van der Waals surface area contributed by atoms with E-state index in [0.717, 1.165) is 24.1 Å². The van der Waals surface area contributed by atoms with Crippen molar-refractivity contribution in [3.05, 3.63) is 40.2 Å². The van der Waals surface area contributed by atoms with Crippen LogP contribution in [0.5, 0.6) is 0 Å². The molecule has 1 amide bonds. The van der Waals surface area contributed by atoms with Gasteiger partial charge < -0.3 is 5.32 Å². The van der Waals surface area contributed by atoms with Gasteiger partial charge >= 0.3 is 0 Å². The third-order valence-electron chi connectivity index (χ3n) is 5.24. The summed E-state index contributed by atoms with van der Waals surface area (Å²) in [4.78, 5) is 30.1. The Balaban J connectivity index is 1.63. The lowest BCUT2D eigenvalue weighted by Crippen LogP contribution is -2.34. The van der Waals surface area contributed by atoms with Crippen molar-refractivity contribution in [2.24, 2.45) is 0 Å². The highest BCUT2D eigenvalue weighted by Crippen LogP contribution is 2.29. The molecule has 2 aromatic heterocycles. The Morgan fingerprint density at radius 1 is 1.28 bits per heavy atom. The molecule has 6 nitrogen and oxygen atoms in total. The molecule has 2 heterocycles. The number of benzene rings is 1. The van der Waals surface area contributed by atoms with E-state index in [1.807, 2.05) is 38.1 Å². The molecule has 0 radical (unpaired) electrons. The minimum Gasteiger partial charge on any atom is -0.353 e. The molecule has 3 aromatic rings. The summed E-state index contributed by atoms with van der Waals surface area (Å²) < 4.78 is 6.70. The molecule has 29 heavy (non-hydrogen) atoms. The van der Waals surface area contributed by atoms with Crippen molar-refractivity contribution in [1.29, 1.82) is 0 Å². The quantitative estimate of drug-likeness (QED) is 0.474. The van der Waals surface area contributed by atoms with Crippen LogP contribution in [-0.2, 0) is 11.3 Å². The molecule has 152 valence electrons. The van der Waals surface area contributed by atoms with Crippen molar-refractivity contribution in [3.63, 3.8) is 0 Å². The van der Waals surface area contributed by atoms with Gasteiger partial charge in [0.2, 0.25) is 5.91 Å². The van der Waals surface area contributed by atoms with E-state index in [1.165, 1.54) is 41.7 Å². The summed E-state index contributed by atoms with van der Waals surface area (Å²) in [6.07, 6.45) is 4.47. The standard InChI is InChI=1S/C21H24N4O2S2/c1-3-25-20(27)19-18(17(24-29-19)14-10-8-13(2)9-11-14)23-21(25)28-12-16(26)22-15-6-4-5-7-15/h8-11,15H,3-7,12H2,1-2H3,(H,22,26). The van der Waals surface area contributed by atoms with Crippen LogP contribution in [0.25, 0.3) is 21.5 Å². The van der Waals surface area contributed by atoms with Gasteiger partial charge in [-0.3, -0.25) is 14.2 Å². The number of fused-ring (bicyclic) bond motifs is 1. The molecule has 4 rings (SSSR count). The minimum atomic E-state index is -0.0907. The van der Waals surface area contributed by atoms with Gasteiger partial charge in [-0.2, -0.15) is 4.37 Å². The van der Waals surface area contributed by atoms with Crippen LogP contribution < -0.4 is 10.9 Å². The molecule has 0 spiro atoms. The van der Waals surface area contributed by atoms with Gasteiger partial charge in [0, 0.05) is 18.2 Å². The van der Waals surface area contributed by atoms with Gasteiger partial charge in [-0.05, 0) is 38.2 Å². The molecule has 0 aliphatic heterocycles. The summed E-state index contributed by atoms with van der Waals surface area (Å²) in [7, 11) is 0. The third kappa shape index (κ3) is 4.23. The molecule has 1 fully saturated rings. The van der Waals surface area contributed by atoms with Crippen LogP contribution >= 0.6 is 23.3 Å². The van der Waals surface area contributed by atoms with Crippen LogP contribution in [0.1, 0.15) is 38.2 Å². The summed E-state index contributed by atoms with van der Waals surface area (Å²) >= 11 is 2.51. The molecule has 1 N–H and O–H groups in total. The maximum Gasteiger partial charge on any atom is 0.273 e. The highest BCUT2D eigenvalue weighted by atomic mass is 32.2. The Bertz CT molecular complexity index is 1080. The van der Waals surface area contributed by atoms with Crippen molar-refractivity contribution >= 4 is 39.4 Å². The lowest BCUT2D eigenvalue weighted by Gasteiger charge is -2.13. The van der Waals surface area contributed by atoms with Crippen LogP contribution in [-0.4, -0.2) is 31.6 Å². The number of hydrogen-bond acceptors (Lipinski definition) is 6. The number of rotatable bonds is 6. The zero-order valence-electron chi connectivity index (χ0n) is 16.6. The molecule has 0 unspecified atom stereocenters. The number of carbonyl (C=O) groups is 1. The van der Waals surface area contributed by atoms with Gasteiger partial charge in [0.15, 0.2) is 5.16 Å². The number of carbonyl (C=O) groups excluding carboxylic acids is 1. The van der Waals surface area contributed by atoms with Gasteiger partial charge in [-0.25, -0.2) is 4.98 Å². The van der Waals surface area contributed by atoms with Gasteiger partial charge in [-0.15, -0.1) is 0 Å². The predicted octanol–water partition coefficient (Wildman–Crippen LogP) is 4.00. The minimum absolute atomic E-state index is 0.00102. The molecule has 0 atom stereocenters. The first kappa shape index (κ1) is 20.1. The molecular weight excluding hydrogens is 404 g/mol. The first-order valence-electron chi connectivity index (χ1n) is 9.96. The Labute approximate surface area is 177 Å². The fourth-order valence-electron chi connectivity index (χ4n) is 3.65. The van der Waals surface area contributed by atoms with Crippen LogP contribution in [0.3, 0.4) is 0 Å². The lowest BCUT2D eigenvalue weighted by atomic mass is 10.1. The lowest BCUT2D eigenvalue weighted by molar-refractivity contribution is -0.119. The second kappa shape index (κ2) is 8.67. The summed E-state index contributed by atoms with van der Waals surface area (Å²) in [6.45, 7) is 4.46. The van der Waals surface area contributed by atoms with E-state index in [9.17, 15) is 9.59 Å². The molecule has 1 aliphatic rings. The number of aromatic nitrogens is 3. The van der Waals surface area contributed by atoms with Crippen molar-refractivity contribution in [2.75, 3.05) is 5.75 Å². The Morgan fingerprint density at radius 2 is 2.00 bits per heavy atom. The molecule has 0 saturated heterocycles. The molecule has 1 saturated carbocycles. The van der Waals surface area contributed by atoms with Crippen molar-refractivity contribution in [3.8, 4) is 11.3 Å². The number of nitrogens with one attached hydrogen (secondary N) is 1. The number of amides is 1. The zero-order chi connectivity index (χ0) is 20.4. The smallest absolute Gasteiger partial charge is 0.273 e. The third-order valence-corrected chi connectivity index (χ3v) is 7.04. The van der Waals surface area contributed by atoms with E-state index in [1.54, 1.807) is 4.57 Å². The van der Waals surface area contributed by atoms with E-state index in [-0.39, 0.29) is 17.2 Å². The molecule has 1 aromatic carbocycles. The largest absolute Gasteiger partial charge is 0.353 e. The second-order valence-corrected chi connectivity index (χ2v) is 9.07. The molecule has 8 heteroatoms. The number of nitrogens with zero attached hydrogens (tertiary/aromatic N) is 3. The SMILES string of the molecule is CCn1c(SCC(=O)NC2CCCC2)nc2c(-c3ccc(C)cc3)nsc2c1=O. The van der Waals surface area contributed by atoms with Crippen molar-refractivity contribution in [2.45, 2.75) is 57.3 Å². The number of aryl methyl sites for hydroxylation is 1. The van der Waals surface area contributed by atoms with Crippen LogP contribution in [0.2, 0.25) is 0 Å². The van der Waals surface area contributed by atoms with Gasteiger partial charge in [-0.1, -0.05) is 54.4 Å². The maximum atomic E-state index is 13.0. The van der Waals surface area contributed by atoms with Gasteiger partial charge in [0.25, 0.3) is 5.56 Å². The van der Waals surface area contributed by atoms with E-state index in [0.29, 0.717) is 28.0 Å². The van der Waals surface area contributed by atoms with Crippen LogP contribution in [0.4, 0.5) is 0 Å². The Morgan fingerprint density at radius 3 is 2.69 bits per heavy atom.